The molecule has 12 heteroatoms. The number of esters is 1. The van der Waals surface area contributed by atoms with E-state index in [4.69, 9.17) is 9.47 Å². The van der Waals surface area contributed by atoms with Gasteiger partial charge in [-0.1, -0.05) is 11.8 Å². The van der Waals surface area contributed by atoms with E-state index in [-0.39, 0.29) is 24.4 Å². The van der Waals surface area contributed by atoms with Crippen molar-refractivity contribution in [2.24, 2.45) is 0 Å². The molecule has 4 heterocycles. The number of anilines is 1. The quantitative estimate of drug-likeness (QED) is 0.320. The predicted molar refractivity (Wildman–Crippen MR) is 134 cm³/mol. The van der Waals surface area contributed by atoms with Crippen LogP contribution in [0.5, 0.6) is 0 Å². The van der Waals surface area contributed by atoms with Crippen LogP contribution in [0.4, 0.5) is 5.00 Å². The minimum atomic E-state index is -0.424. The first-order valence-corrected chi connectivity index (χ1v) is 13.4. The Hall–Kier alpha value is -2.70. The van der Waals surface area contributed by atoms with Crippen molar-refractivity contribution in [1.82, 2.24) is 24.5 Å². The Morgan fingerprint density at radius 1 is 1.31 bits per heavy atom. The van der Waals surface area contributed by atoms with Crippen LogP contribution in [-0.2, 0) is 27.4 Å². The van der Waals surface area contributed by atoms with E-state index in [0.717, 1.165) is 41.4 Å². The highest BCUT2D eigenvalue weighted by molar-refractivity contribution is 7.99. The van der Waals surface area contributed by atoms with Gasteiger partial charge in [-0.3, -0.25) is 9.48 Å². The topological polar surface area (TPSA) is 113 Å². The predicted octanol–water partition coefficient (Wildman–Crippen LogP) is 3.60. The van der Waals surface area contributed by atoms with Gasteiger partial charge in [0.05, 0.1) is 36.3 Å². The summed E-state index contributed by atoms with van der Waals surface area (Å²) in [5, 5.41) is 17.2. The van der Waals surface area contributed by atoms with Crippen molar-refractivity contribution >= 4 is 40.0 Å². The van der Waals surface area contributed by atoms with Gasteiger partial charge in [-0.25, -0.2) is 4.79 Å². The highest BCUT2D eigenvalue weighted by atomic mass is 32.2. The maximum atomic E-state index is 12.8. The Balaban J connectivity index is 1.46. The van der Waals surface area contributed by atoms with E-state index >= 15 is 0 Å². The van der Waals surface area contributed by atoms with Gasteiger partial charge < -0.3 is 19.4 Å². The second-order valence-corrected chi connectivity index (χ2v) is 10.5. The second-order valence-electron chi connectivity index (χ2n) is 8.34. The lowest BCUT2D eigenvalue weighted by molar-refractivity contribution is -0.113. The molecule has 4 rings (SSSR count). The third kappa shape index (κ3) is 6.11. The molecular formula is C23H30N6O4S2. The summed E-state index contributed by atoms with van der Waals surface area (Å²) in [6.45, 7) is 9.63. The van der Waals surface area contributed by atoms with Crippen LogP contribution in [0, 0.1) is 20.8 Å². The van der Waals surface area contributed by atoms with Crippen molar-refractivity contribution in [2.75, 3.05) is 24.3 Å². The molecule has 1 N–H and O–H groups in total. The average Bonchev–Trinajstić information content (AvgIpc) is 3.59. The molecule has 10 nitrogen and oxygen atoms in total. The van der Waals surface area contributed by atoms with E-state index in [9.17, 15) is 9.59 Å². The molecule has 1 atom stereocenters. The van der Waals surface area contributed by atoms with Crippen molar-refractivity contribution in [3.63, 3.8) is 0 Å². The molecule has 1 amide bonds. The molecule has 0 aromatic carbocycles. The smallest absolute Gasteiger partial charge is 0.341 e. The van der Waals surface area contributed by atoms with E-state index in [0.29, 0.717) is 28.8 Å². The highest BCUT2D eigenvalue weighted by Crippen LogP contribution is 2.33. The number of amides is 1. The van der Waals surface area contributed by atoms with Crippen molar-refractivity contribution in [3.05, 3.63) is 39.8 Å². The lowest BCUT2D eigenvalue weighted by Gasteiger charge is -2.14. The Labute approximate surface area is 212 Å². The minimum Gasteiger partial charge on any atom is -0.462 e. The third-order valence-electron chi connectivity index (χ3n) is 5.73. The van der Waals surface area contributed by atoms with Crippen molar-refractivity contribution < 1.29 is 19.1 Å². The number of aryl methyl sites for hydroxylation is 2. The van der Waals surface area contributed by atoms with Gasteiger partial charge in [-0.05, 0) is 52.2 Å². The molecule has 0 bridgehead atoms. The van der Waals surface area contributed by atoms with Crippen molar-refractivity contribution in [1.29, 1.82) is 0 Å². The lowest BCUT2D eigenvalue weighted by Crippen LogP contribution is -2.20. The molecule has 1 saturated heterocycles. The molecule has 0 saturated carbocycles. The number of hydrogen-bond acceptors (Lipinski definition) is 9. The highest BCUT2D eigenvalue weighted by Gasteiger charge is 2.24. The molecule has 35 heavy (non-hydrogen) atoms. The van der Waals surface area contributed by atoms with Gasteiger partial charge in [0.1, 0.15) is 11.5 Å². The number of aromatic nitrogens is 5. The van der Waals surface area contributed by atoms with Gasteiger partial charge in [0.15, 0.2) is 11.0 Å². The first kappa shape index (κ1) is 25.4. The molecule has 1 aliphatic heterocycles. The van der Waals surface area contributed by atoms with Crippen LogP contribution in [0.1, 0.15) is 52.1 Å². The van der Waals surface area contributed by atoms with Gasteiger partial charge in [-0.2, -0.15) is 5.10 Å². The normalized spacial score (nSPS) is 15.5. The Morgan fingerprint density at radius 3 is 2.83 bits per heavy atom. The van der Waals surface area contributed by atoms with Crippen LogP contribution in [-0.4, -0.2) is 61.5 Å². The summed E-state index contributed by atoms with van der Waals surface area (Å²) in [6.07, 6.45) is 4.03. The van der Waals surface area contributed by atoms with Crippen LogP contribution in [0.25, 0.3) is 0 Å². The molecule has 1 unspecified atom stereocenters. The number of carbonyl (C=O) groups excluding carboxylic acids is 2. The van der Waals surface area contributed by atoms with E-state index in [1.54, 1.807) is 6.92 Å². The molecule has 3 aromatic heterocycles. The molecule has 1 aliphatic rings. The minimum absolute atomic E-state index is 0.0986. The fourth-order valence-corrected chi connectivity index (χ4v) is 5.70. The van der Waals surface area contributed by atoms with E-state index in [1.165, 1.54) is 23.1 Å². The summed E-state index contributed by atoms with van der Waals surface area (Å²) in [5.74, 6) is 0.244. The summed E-state index contributed by atoms with van der Waals surface area (Å²) in [5.41, 5.74) is 2.18. The number of ether oxygens (including phenoxy) is 2. The fourth-order valence-electron chi connectivity index (χ4n) is 3.87. The second kappa shape index (κ2) is 11.4. The van der Waals surface area contributed by atoms with Crippen molar-refractivity contribution in [2.45, 2.75) is 64.9 Å². The molecule has 3 aromatic rings. The zero-order chi connectivity index (χ0) is 24.9. The summed E-state index contributed by atoms with van der Waals surface area (Å²) in [6, 6.07) is 1.94. The standard InChI is InChI=1S/C23H30N6O4S2/c1-5-32-22(31)20-15(3)16(4)35-21(20)24-19(30)13-34-23-26-25-18(12-28-9-8-14(2)27-28)29(23)11-17-7-6-10-33-17/h8-9,17H,5-7,10-13H2,1-4H3,(H,24,30). The Kier molecular flexibility index (Phi) is 8.24. The zero-order valence-corrected chi connectivity index (χ0v) is 22.0. The summed E-state index contributed by atoms with van der Waals surface area (Å²) < 4.78 is 14.9. The Morgan fingerprint density at radius 2 is 2.14 bits per heavy atom. The SMILES string of the molecule is CCOC(=O)c1c(NC(=O)CSc2nnc(Cn3ccc(C)n3)n2CC2CCCO2)sc(C)c1C. The van der Waals surface area contributed by atoms with Gasteiger partial charge in [0.25, 0.3) is 0 Å². The van der Waals surface area contributed by atoms with Crippen LogP contribution >= 0.6 is 23.1 Å². The van der Waals surface area contributed by atoms with Gasteiger partial charge >= 0.3 is 5.97 Å². The summed E-state index contributed by atoms with van der Waals surface area (Å²) in [7, 11) is 0. The molecule has 188 valence electrons. The first-order chi connectivity index (χ1) is 16.9. The van der Waals surface area contributed by atoms with E-state index in [1.807, 2.05) is 42.3 Å². The van der Waals surface area contributed by atoms with Crippen LogP contribution in [0.2, 0.25) is 0 Å². The van der Waals surface area contributed by atoms with Crippen molar-refractivity contribution in [3.8, 4) is 0 Å². The van der Waals surface area contributed by atoms with Crippen LogP contribution in [0.15, 0.2) is 17.4 Å². The Bertz CT molecular complexity index is 1190. The first-order valence-electron chi connectivity index (χ1n) is 11.6. The fraction of sp³-hybridized carbons (Fsp3) is 0.522. The third-order valence-corrected chi connectivity index (χ3v) is 7.82. The summed E-state index contributed by atoms with van der Waals surface area (Å²) >= 11 is 2.69. The van der Waals surface area contributed by atoms with Crippen LogP contribution in [0.3, 0.4) is 0 Å². The molecule has 0 radical (unpaired) electrons. The number of rotatable bonds is 10. The van der Waals surface area contributed by atoms with E-state index in [2.05, 4.69) is 20.6 Å². The van der Waals surface area contributed by atoms with E-state index < -0.39 is 5.97 Å². The maximum Gasteiger partial charge on any atom is 0.341 e. The van der Waals surface area contributed by atoms with Gasteiger partial charge in [0, 0.05) is 17.7 Å². The van der Waals surface area contributed by atoms with Gasteiger partial charge in [-0.15, -0.1) is 21.5 Å². The number of nitrogens with one attached hydrogen (secondary N) is 1. The number of carbonyl (C=O) groups is 2. The maximum absolute atomic E-state index is 12.8. The summed E-state index contributed by atoms with van der Waals surface area (Å²) in [4.78, 5) is 26.2. The monoisotopic (exact) mass is 518 g/mol. The molecule has 0 aliphatic carbocycles. The number of thiophene rings is 1. The average molecular weight is 519 g/mol. The molecular weight excluding hydrogens is 488 g/mol. The molecule has 0 spiro atoms. The lowest BCUT2D eigenvalue weighted by atomic mass is 10.1. The van der Waals surface area contributed by atoms with Crippen LogP contribution < -0.4 is 5.32 Å². The molecule has 1 fully saturated rings. The number of thioether (sulfide) groups is 1. The number of nitrogens with zero attached hydrogens (tertiary/aromatic N) is 5. The zero-order valence-electron chi connectivity index (χ0n) is 20.4. The van der Waals surface area contributed by atoms with Gasteiger partial charge in [0.2, 0.25) is 5.91 Å². The number of hydrogen-bond donors (Lipinski definition) is 1. The largest absolute Gasteiger partial charge is 0.462 e.